The monoisotopic (exact) mass is 431 g/mol. The van der Waals surface area contributed by atoms with Crippen LogP contribution in [0.5, 0.6) is 5.75 Å². The highest BCUT2D eigenvalue weighted by Gasteiger charge is 2.23. The molecule has 1 aliphatic rings. The zero-order valence-electron chi connectivity index (χ0n) is 16.1. The Morgan fingerprint density at radius 3 is 2.66 bits per heavy atom. The van der Waals surface area contributed by atoms with Crippen molar-refractivity contribution in [2.45, 2.75) is 11.3 Å². The number of benzene rings is 2. The minimum Gasteiger partial charge on any atom is -0.497 e. The van der Waals surface area contributed by atoms with Crippen LogP contribution < -0.4 is 9.64 Å². The molecule has 2 aromatic carbocycles. The van der Waals surface area contributed by atoms with Gasteiger partial charge in [0, 0.05) is 43.2 Å². The van der Waals surface area contributed by atoms with E-state index in [1.54, 1.807) is 42.3 Å². The van der Waals surface area contributed by atoms with E-state index in [4.69, 9.17) is 9.72 Å². The number of hydrogen-bond acceptors (Lipinski definition) is 6. The summed E-state index contributed by atoms with van der Waals surface area (Å²) in [5, 5.41) is 0.993. The van der Waals surface area contributed by atoms with Crippen LogP contribution in [0.25, 0.3) is 10.2 Å². The molecule has 3 aromatic rings. The van der Waals surface area contributed by atoms with Crippen molar-refractivity contribution in [2.24, 2.45) is 0 Å². The molecule has 4 rings (SSSR count). The molecule has 0 aliphatic carbocycles. The fourth-order valence-corrected chi connectivity index (χ4v) is 5.13. The van der Waals surface area contributed by atoms with Gasteiger partial charge in [0.25, 0.3) is 0 Å². The summed E-state index contributed by atoms with van der Waals surface area (Å²) in [5.41, 5.74) is 0.974. The zero-order chi connectivity index (χ0) is 20.2. The number of thioether (sulfide) groups is 1. The van der Waals surface area contributed by atoms with Crippen molar-refractivity contribution in [3.05, 3.63) is 48.3 Å². The number of thiazole rings is 1. The molecule has 0 saturated carbocycles. The Hall–Kier alpha value is -2.32. The van der Waals surface area contributed by atoms with E-state index in [0.717, 1.165) is 39.1 Å². The maximum atomic E-state index is 12.9. The third-order valence-electron chi connectivity index (χ3n) is 4.89. The summed E-state index contributed by atoms with van der Waals surface area (Å²) in [5.74, 6) is 1.47. The summed E-state index contributed by atoms with van der Waals surface area (Å²) in [7, 11) is 1.66. The Balaban J connectivity index is 1.27. The summed E-state index contributed by atoms with van der Waals surface area (Å²) in [6, 6.07) is 12.3. The molecule has 1 fully saturated rings. The first kappa shape index (κ1) is 20.0. The topological polar surface area (TPSA) is 45.7 Å². The van der Waals surface area contributed by atoms with Gasteiger partial charge in [0.1, 0.15) is 11.6 Å². The fraction of sp³-hybridized carbons (Fsp3) is 0.333. The van der Waals surface area contributed by atoms with Gasteiger partial charge in [0.05, 0.1) is 17.3 Å². The van der Waals surface area contributed by atoms with Crippen LogP contribution in [0.1, 0.15) is 6.42 Å². The van der Waals surface area contributed by atoms with Crippen LogP contribution in [0.15, 0.2) is 47.4 Å². The number of amides is 1. The highest BCUT2D eigenvalue weighted by Crippen LogP contribution is 2.32. The summed E-state index contributed by atoms with van der Waals surface area (Å²) >= 11 is 3.24. The van der Waals surface area contributed by atoms with Gasteiger partial charge >= 0.3 is 0 Å². The van der Waals surface area contributed by atoms with Gasteiger partial charge in [-0.1, -0.05) is 11.3 Å². The SMILES string of the molecule is COc1ccc2nc(N3CCN(C(=O)CCSc4ccc(F)cc4)CC3)sc2c1. The van der Waals surface area contributed by atoms with Crippen LogP contribution in [-0.4, -0.2) is 54.8 Å². The first-order chi connectivity index (χ1) is 14.1. The smallest absolute Gasteiger partial charge is 0.223 e. The Labute approximate surface area is 177 Å². The van der Waals surface area contributed by atoms with Gasteiger partial charge in [-0.3, -0.25) is 4.79 Å². The standard InChI is InChI=1S/C21H22FN3O2S2/c1-27-16-4-7-18-19(14-16)29-21(23-18)25-11-9-24(10-12-25)20(26)8-13-28-17-5-2-15(22)3-6-17/h2-7,14H,8-13H2,1H3. The van der Waals surface area contributed by atoms with E-state index in [1.807, 2.05) is 23.1 Å². The van der Waals surface area contributed by atoms with E-state index < -0.39 is 0 Å². The lowest BCUT2D eigenvalue weighted by atomic mass is 10.3. The van der Waals surface area contributed by atoms with Gasteiger partial charge < -0.3 is 14.5 Å². The molecule has 0 unspecified atom stereocenters. The van der Waals surface area contributed by atoms with Crippen molar-refractivity contribution in [3.63, 3.8) is 0 Å². The van der Waals surface area contributed by atoms with Crippen LogP contribution in [0.4, 0.5) is 9.52 Å². The molecule has 0 atom stereocenters. The number of hydrogen-bond donors (Lipinski definition) is 0. The molecule has 5 nitrogen and oxygen atoms in total. The third kappa shape index (κ3) is 4.82. The van der Waals surface area contributed by atoms with Crippen molar-refractivity contribution >= 4 is 44.4 Å². The number of ether oxygens (including phenoxy) is 1. The maximum Gasteiger partial charge on any atom is 0.223 e. The van der Waals surface area contributed by atoms with Crippen molar-refractivity contribution in [1.29, 1.82) is 0 Å². The number of rotatable bonds is 6. The lowest BCUT2D eigenvalue weighted by Crippen LogP contribution is -2.48. The molecule has 2 heterocycles. The van der Waals surface area contributed by atoms with Crippen molar-refractivity contribution in [3.8, 4) is 5.75 Å². The lowest BCUT2D eigenvalue weighted by molar-refractivity contribution is -0.131. The first-order valence-electron chi connectivity index (χ1n) is 9.48. The number of methoxy groups -OCH3 is 1. The highest BCUT2D eigenvalue weighted by molar-refractivity contribution is 7.99. The van der Waals surface area contributed by atoms with Crippen LogP contribution in [0, 0.1) is 5.82 Å². The molecule has 152 valence electrons. The van der Waals surface area contributed by atoms with Gasteiger partial charge in [-0.25, -0.2) is 9.37 Å². The second-order valence-corrected chi connectivity index (χ2v) is 8.93. The minimum absolute atomic E-state index is 0.174. The molecule has 1 aromatic heterocycles. The molecule has 1 amide bonds. The van der Waals surface area contributed by atoms with E-state index in [-0.39, 0.29) is 11.7 Å². The molecule has 0 radical (unpaired) electrons. The molecule has 0 spiro atoms. The average molecular weight is 432 g/mol. The van der Waals surface area contributed by atoms with Gasteiger partial charge in [-0.15, -0.1) is 11.8 Å². The highest BCUT2D eigenvalue weighted by atomic mass is 32.2. The number of fused-ring (bicyclic) bond motifs is 1. The van der Waals surface area contributed by atoms with E-state index in [1.165, 1.54) is 12.1 Å². The zero-order valence-corrected chi connectivity index (χ0v) is 17.8. The Bertz CT molecular complexity index is 985. The second kappa shape index (κ2) is 9.00. The fourth-order valence-electron chi connectivity index (χ4n) is 3.25. The van der Waals surface area contributed by atoms with E-state index in [2.05, 4.69) is 4.90 Å². The molecule has 1 aliphatic heterocycles. The Morgan fingerprint density at radius 2 is 1.93 bits per heavy atom. The Kier molecular flexibility index (Phi) is 6.20. The number of aromatic nitrogens is 1. The molecular formula is C21H22FN3O2S2. The number of halogens is 1. The number of anilines is 1. The lowest BCUT2D eigenvalue weighted by Gasteiger charge is -2.34. The normalized spacial score (nSPS) is 14.4. The molecule has 29 heavy (non-hydrogen) atoms. The van der Waals surface area contributed by atoms with Gasteiger partial charge in [-0.05, 0) is 42.5 Å². The van der Waals surface area contributed by atoms with Gasteiger partial charge in [-0.2, -0.15) is 0 Å². The number of carbonyl (C=O) groups is 1. The summed E-state index contributed by atoms with van der Waals surface area (Å²) in [6.45, 7) is 2.99. The van der Waals surface area contributed by atoms with Crippen molar-refractivity contribution in [2.75, 3.05) is 43.9 Å². The van der Waals surface area contributed by atoms with Crippen LogP contribution >= 0.6 is 23.1 Å². The van der Waals surface area contributed by atoms with E-state index in [9.17, 15) is 9.18 Å². The van der Waals surface area contributed by atoms with E-state index >= 15 is 0 Å². The van der Waals surface area contributed by atoms with Crippen LogP contribution in [0.2, 0.25) is 0 Å². The molecule has 0 N–H and O–H groups in total. The number of nitrogens with zero attached hydrogens (tertiary/aromatic N) is 3. The van der Waals surface area contributed by atoms with Crippen LogP contribution in [-0.2, 0) is 4.79 Å². The largest absolute Gasteiger partial charge is 0.497 e. The minimum atomic E-state index is -0.240. The van der Waals surface area contributed by atoms with Gasteiger partial charge in [0.15, 0.2) is 5.13 Å². The molecule has 1 saturated heterocycles. The van der Waals surface area contributed by atoms with Crippen LogP contribution in [0.3, 0.4) is 0 Å². The van der Waals surface area contributed by atoms with Crippen molar-refractivity contribution < 1.29 is 13.9 Å². The predicted molar refractivity (Wildman–Crippen MR) is 117 cm³/mol. The quantitative estimate of drug-likeness (QED) is 0.546. The average Bonchev–Trinajstić information content (AvgIpc) is 3.18. The van der Waals surface area contributed by atoms with Gasteiger partial charge in [0.2, 0.25) is 5.91 Å². The number of piperazine rings is 1. The summed E-state index contributed by atoms with van der Waals surface area (Å²) in [4.78, 5) is 22.4. The Morgan fingerprint density at radius 1 is 1.17 bits per heavy atom. The van der Waals surface area contributed by atoms with E-state index in [0.29, 0.717) is 25.3 Å². The number of carbonyl (C=O) groups excluding carboxylic acids is 1. The molecular weight excluding hydrogens is 409 g/mol. The molecule has 8 heteroatoms. The molecule has 0 bridgehead atoms. The predicted octanol–water partition coefficient (Wildman–Crippen LogP) is 4.28. The summed E-state index contributed by atoms with van der Waals surface area (Å²) < 4.78 is 19.3. The third-order valence-corrected chi connectivity index (χ3v) is 6.98. The second-order valence-electron chi connectivity index (χ2n) is 6.75. The first-order valence-corrected chi connectivity index (χ1v) is 11.3. The maximum absolute atomic E-state index is 12.9. The van der Waals surface area contributed by atoms with Crippen molar-refractivity contribution in [1.82, 2.24) is 9.88 Å². The summed E-state index contributed by atoms with van der Waals surface area (Å²) in [6.07, 6.45) is 0.489.